The van der Waals surface area contributed by atoms with Gasteiger partial charge in [-0.2, -0.15) is 11.8 Å². The number of hydrogen-bond acceptors (Lipinski definition) is 3. The summed E-state index contributed by atoms with van der Waals surface area (Å²) >= 11 is 2.01. The molecule has 0 radical (unpaired) electrons. The molecule has 4 heteroatoms. The number of thioether (sulfide) groups is 1. The minimum Gasteiger partial charge on any atom is -0.385 e. The monoisotopic (exact) mass is 233 g/mol. The highest BCUT2D eigenvalue weighted by Gasteiger charge is 2.20. The van der Waals surface area contributed by atoms with E-state index in [-0.39, 0.29) is 0 Å². The summed E-state index contributed by atoms with van der Waals surface area (Å²) in [6.45, 7) is 0. The Labute approximate surface area is 99.1 Å². The number of nitrogens with zero attached hydrogens (tertiary/aromatic N) is 2. The van der Waals surface area contributed by atoms with E-state index in [1.165, 1.54) is 25.0 Å². The van der Waals surface area contributed by atoms with Gasteiger partial charge in [-0.1, -0.05) is 12.5 Å². The van der Waals surface area contributed by atoms with Crippen molar-refractivity contribution in [3.8, 4) is 0 Å². The van der Waals surface area contributed by atoms with E-state index in [2.05, 4.69) is 15.5 Å². The Morgan fingerprint density at radius 1 is 1.38 bits per heavy atom. The van der Waals surface area contributed by atoms with Crippen LogP contribution in [-0.4, -0.2) is 15.1 Å². The van der Waals surface area contributed by atoms with Crippen LogP contribution < -0.4 is 5.73 Å². The van der Waals surface area contributed by atoms with Gasteiger partial charge in [0.05, 0.1) is 17.0 Å². The van der Waals surface area contributed by atoms with Crippen molar-refractivity contribution < 1.29 is 0 Å². The maximum absolute atomic E-state index is 6.02. The van der Waals surface area contributed by atoms with Gasteiger partial charge in [0.15, 0.2) is 0 Å². The van der Waals surface area contributed by atoms with Crippen molar-refractivity contribution in [2.75, 3.05) is 11.5 Å². The lowest BCUT2D eigenvalue weighted by Gasteiger charge is -2.20. The van der Waals surface area contributed by atoms with E-state index in [1.54, 1.807) is 0 Å². The molecule has 2 aromatic rings. The molecule has 16 heavy (non-hydrogen) atoms. The second-order valence-electron chi connectivity index (χ2n) is 4.18. The first-order chi connectivity index (χ1) is 7.86. The lowest BCUT2D eigenvalue weighted by atomic mass is 10.2. The summed E-state index contributed by atoms with van der Waals surface area (Å²) in [7, 11) is 0. The fourth-order valence-corrected chi connectivity index (χ4v) is 3.57. The Morgan fingerprint density at radius 3 is 3.12 bits per heavy atom. The number of aromatic nitrogens is 2. The average Bonchev–Trinajstić information content (AvgIpc) is 2.75. The zero-order valence-corrected chi connectivity index (χ0v) is 9.91. The smallest absolute Gasteiger partial charge is 0.127 e. The van der Waals surface area contributed by atoms with Crippen LogP contribution in [0.4, 0.5) is 5.82 Å². The van der Waals surface area contributed by atoms with E-state index < -0.39 is 0 Å². The first-order valence-electron chi connectivity index (χ1n) is 5.70. The van der Waals surface area contributed by atoms with Crippen LogP contribution in [0.1, 0.15) is 30.3 Å². The molecule has 1 aliphatic heterocycles. The largest absolute Gasteiger partial charge is 0.385 e. The molecule has 84 valence electrons. The summed E-state index contributed by atoms with van der Waals surface area (Å²) < 4.78 is 2.09. The van der Waals surface area contributed by atoms with Crippen molar-refractivity contribution in [3.05, 3.63) is 30.2 Å². The Hall–Kier alpha value is -1.16. The van der Waals surface area contributed by atoms with Gasteiger partial charge in [0.25, 0.3) is 0 Å². The van der Waals surface area contributed by atoms with Crippen LogP contribution in [0.5, 0.6) is 0 Å². The normalized spacial score (nSPS) is 21.4. The number of imidazole rings is 1. The summed E-state index contributed by atoms with van der Waals surface area (Å²) in [5, 5.41) is 0.515. The molecular formula is C12H15N3S. The molecule has 1 aliphatic rings. The maximum Gasteiger partial charge on any atom is 0.127 e. The lowest BCUT2D eigenvalue weighted by molar-refractivity contribution is 0.661. The zero-order valence-electron chi connectivity index (χ0n) is 9.10. The topological polar surface area (TPSA) is 43.3 Å². The molecule has 1 fully saturated rings. The molecular weight excluding hydrogens is 218 g/mol. The first kappa shape index (κ1) is 10.0. The molecule has 1 atom stereocenters. The van der Waals surface area contributed by atoms with Crippen molar-refractivity contribution in [1.29, 1.82) is 0 Å². The van der Waals surface area contributed by atoms with E-state index in [0.29, 0.717) is 5.25 Å². The molecule has 2 aromatic heterocycles. The summed E-state index contributed by atoms with van der Waals surface area (Å²) in [4.78, 5) is 4.54. The molecule has 0 aromatic carbocycles. The van der Waals surface area contributed by atoms with Crippen LogP contribution >= 0.6 is 11.8 Å². The SMILES string of the molecule is Nc1cccc2cnc(C3CCCCS3)n12. The molecule has 1 unspecified atom stereocenters. The Morgan fingerprint density at radius 2 is 2.31 bits per heavy atom. The molecule has 0 saturated carbocycles. The van der Waals surface area contributed by atoms with Gasteiger partial charge in [-0.15, -0.1) is 0 Å². The van der Waals surface area contributed by atoms with Gasteiger partial charge < -0.3 is 5.73 Å². The second-order valence-corrected chi connectivity index (χ2v) is 5.49. The molecule has 3 heterocycles. The van der Waals surface area contributed by atoms with Crippen LogP contribution in [0.25, 0.3) is 5.52 Å². The molecule has 0 amide bonds. The average molecular weight is 233 g/mol. The Balaban J connectivity index is 2.09. The molecule has 3 rings (SSSR count). The molecule has 0 aliphatic carbocycles. The van der Waals surface area contributed by atoms with Gasteiger partial charge >= 0.3 is 0 Å². The summed E-state index contributed by atoms with van der Waals surface area (Å²) in [5.74, 6) is 3.15. The molecule has 3 nitrogen and oxygen atoms in total. The van der Waals surface area contributed by atoms with E-state index in [0.717, 1.165) is 17.2 Å². The van der Waals surface area contributed by atoms with Gasteiger partial charge in [0, 0.05) is 0 Å². The van der Waals surface area contributed by atoms with Crippen LogP contribution in [-0.2, 0) is 0 Å². The number of pyridine rings is 1. The number of fused-ring (bicyclic) bond motifs is 1. The third-order valence-electron chi connectivity index (χ3n) is 3.08. The number of rotatable bonds is 1. The Kier molecular flexibility index (Phi) is 2.52. The molecule has 2 N–H and O–H groups in total. The highest BCUT2D eigenvalue weighted by Crippen LogP contribution is 2.38. The standard InChI is InChI=1S/C12H15N3S/c13-11-6-3-4-9-8-14-12(15(9)11)10-5-1-2-7-16-10/h3-4,6,8,10H,1-2,5,7,13H2. The number of nitrogens with two attached hydrogens (primary N) is 1. The van der Waals surface area contributed by atoms with E-state index in [4.69, 9.17) is 5.73 Å². The maximum atomic E-state index is 6.02. The minimum atomic E-state index is 0.515. The molecule has 0 bridgehead atoms. The van der Waals surface area contributed by atoms with Crippen molar-refractivity contribution in [2.24, 2.45) is 0 Å². The van der Waals surface area contributed by atoms with Gasteiger partial charge in [-0.3, -0.25) is 4.40 Å². The van der Waals surface area contributed by atoms with Crippen molar-refractivity contribution in [2.45, 2.75) is 24.5 Å². The van der Waals surface area contributed by atoms with Gasteiger partial charge in [-0.05, 0) is 30.7 Å². The highest BCUT2D eigenvalue weighted by molar-refractivity contribution is 7.99. The summed E-state index contributed by atoms with van der Waals surface area (Å²) in [5.41, 5.74) is 7.12. The quantitative estimate of drug-likeness (QED) is 0.823. The predicted octanol–water partition coefficient (Wildman–Crippen LogP) is 2.87. The highest BCUT2D eigenvalue weighted by atomic mass is 32.2. The van der Waals surface area contributed by atoms with E-state index >= 15 is 0 Å². The third kappa shape index (κ3) is 1.57. The van der Waals surface area contributed by atoms with Gasteiger partial charge in [0.2, 0.25) is 0 Å². The Bertz CT molecular complexity index is 500. The number of anilines is 1. The minimum absolute atomic E-state index is 0.515. The number of nitrogen functional groups attached to an aromatic ring is 1. The van der Waals surface area contributed by atoms with Crippen LogP contribution in [0.3, 0.4) is 0 Å². The van der Waals surface area contributed by atoms with Gasteiger partial charge in [-0.25, -0.2) is 4.98 Å². The van der Waals surface area contributed by atoms with Crippen molar-refractivity contribution in [3.63, 3.8) is 0 Å². The predicted molar refractivity (Wildman–Crippen MR) is 68.7 cm³/mol. The van der Waals surface area contributed by atoms with E-state index in [9.17, 15) is 0 Å². The van der Waals surface area contributed by atoms with E-state index in [1.807, 2.05) is 30.1 Å². The molecule has 0 spiro atoms. The van der Waals surface area contributed by atoms with Crippen molar-refractivity contribution in [1.82, 2.24) is 9.38 Å². The third-order valence-corrected chi connectivity index (χ3v) is 4.45. The molecule has 1 saturated heterocycles. The summed E-state index contributed by atoms with van der Waals surface area (Å²) in [6, 6.07) is 5.97. The van der Waals surface area contributed by atoms with Crippen molar-refractivity contribution >= 4 is 23.1 Å². The summed E-state index contributed by atoms with van der Waals surface area (Å²) in [6.07, 6.45) is 5.78. The first-order valence-corrected chi connectivity index (χ1v) is 6.74. The lowest BCUT2D eigenvalue weighted by Crippen LogP contribution is -2.08. The van der Waals surface area contributed by atoms with Crippen LogP contribution in [0.2, 0.25) is 0 Å². The fourth-order valence-electron chi connectivity index (χ4n) is 2.27. The second kappa shape index (κ2) is 4.01. The number of hydrogen-bond donors (Lipinski definition) is 1. The van der Waals surface area contributed by atoms with Gasteiger partial charge in [0.1, 0.15) is 11.6 Å². The van der Waals surface area contributed by atoms with Crippen LogP contribution in [0, 0.1) is 0 Å². The zero-order chi connectivity index (χ0) is 11.0. The fraction of sp³-hybridized carbons (Fsp3) is 0.417. The van der Waals surface area contributed by atoms with Crippen LogP contribution in [0.15, 0.2) is 24.4 Å².